The maximum absolute atomic E-state index is 12.8. The zero-order valence-corrected chi connectivity index (χ0v) is 17.7. The van der Waals surface area contributed by atoms with Crippen LogP contribution in [0.3, 0.4) is 0 Å². The summed E-state index contributed by atoms with van der Waals surface area (Å²) in [4.78, 5) is 39.7. The van der Waals surface area contributed by atoms with Crippen LogP contribution >= 0.6 is 0 Å². The SMILES string of the molecule is O=C(NCCN1CCOCC1)c1n[nH]c2c1CN(C(=O)Cc1ccc([N+](=O)[O-])cc1)CC2. The standard InChI is InChI=1S/C21H26N6O5/c28-19(13-15-1-3-16(4-2-15)27(30)31)26-7-5-18-17(14-26)20(24-23-18)21(29)22-6-8-25-9-11-32-12-10-25/h1-4H,5-14H2,(H,22,29)(H,23,24). The van der Waals surface area contributed by atoms with E-state index in [0.717, 1.165) is 30.9 Å². The maximum Gasteiger partial charge on any atom is 0.272 e. The molecule has 4 rings (SSSR count). The number of hydrogen-bond acceptors (Lipinski definition) is 7. The Bertz CT molecular complexity index is 983. The van der Waals surface area contributed by atoms with Crippen molar-refractivity contribution < 1.29 is 19.2 Å². The second-order valence-electron chi connectivity index (χ2n) is 7.90. The Labute approximate surface area is 184 Å². The van der Waals surface area contributed by atoms with Crippen LogP contribution in [0.1, 0.15) is 27.3 Å². The molecule has 0 aliphatic carbocycles. The number of aromatic nitrogens is 2. The Morgan fingerprint density at radius 2 is 1.94 bits per heavy atom. The Kier molecular flexibility index (Phi) is 6.76. The van der Waals surface area contributed by atoms with Crippen LogP contribution in [0.25, 0.3) is 0 Å². The smallest absolute Gasteiger partial charge is 0.272 e. The summed E-state index contributed by atoms with van der Waals surface area (Å²) in [6.07, 6.45) is 0.738. The molecule has 0 unspecified atom stereocenters. The lowest BCUT2D eigenvalue weighted by Gasteiger charge is -2.27. The minimum atomic E-state index is -0.468. The largest absolute Gasteiger partial charge is 0.379 e. The van der Waals surface area contributed by atoms with E-state index in [1.165, 1.54) is 12.1 Å². The number of benzene rings is 1. The number of hydrogen-bond donors (Lipinski definition) is 2. The number of non-ortho nitro benzene ring substituents is 1. The van der Waals surface area contributed by atoms with Crippen molar-refractivity contribution in [3.8, 4) is 0 Å². The summed E-state index contributed by atoms with van der Waals surface area (Å²) in [5.74, 6) is -0.343. The molecule has 2 aromatic rings. The molecule has 0 spiro atoms. The van der Waals surface area contributed by atoms with Gasteiger partial charge in [0.2, 0.25) is 5.91 Å². The fraction of sp³-hybridized carbons (Fsp3) is 0.476. The van der Waals surface area contributed by atoms with Crippen LogP contribution in [-0.2, 0) is 28.9 Å². The fourth-order valence-electron chi connectivity index (χ4n) is 3.95. The fourth-order valence-corrected chi connectivity index (χ4v) is 3.95. The first-order chi connectivity index (χ1) is 15.5. The lowest BCUT2D eigenvalue weighted by Crippen LogP contribution is -2.41. The van der Waals surface area contributed by atoms with E-state index < -0.39 is 4.92 Å². The van der Waals surface area contributed by atoms with Crippen molar-refractivity contribution in [1.82, 2.24) is 25.3 Å². The number of morpholine rings is 1. The van der Waals surface area contributed by atoms with Crippen LogP contribution in [0.2, 0.25) is 0 Å². The number of fused-ring (bicyclic) bond motifs is 1. The summed E-state index contributed by atoms with van der Waals surface area (Å²) in [6, 6.07) is 5.98. The summed E-state index contributed by atoms with van der Waals surface area (Å²) < 4.78 is 5.33. The Hall–Kier alpha value is -3.31. The monoisotopic (exact) mass is 442 g/mol. The molecule has 11 nitrogen and oxygen atoms in total. The van der Waals surface area contributed by atoms with E-state index in [0.29, 0.717) is 50.5 Å². The molecule has 3 heterocycles. The summed E-state index contributed by atoms with van der Waals surface area (Å²) >= 11 is 0. The highest BCUT2D eigenvalue weighted by Crippen LogP contribution is 2.21. The van der Waals surface area contributed by atoms with Crippen molar-refractivity contribution in [2.45, 2.75) is 19.4 Å². The molecule has 0 saturated carbocycles. The molecule has 2 amide bonds. The third kappa shape index (κ3) is 5.11. The van der Waals surface area contributed by atoms with Crippen molar-refractivity contribution >= 4 is 17.5 Å². The highest BCUT2D eigenvalue weighted by atomic mass is 16.6. The average molecular weight is 442 g/mol. The van der Waals surface area contributed by atoms with Gasteiger partial charge in [-0.05, 0) is 5.56 Å². The second kappa shape index (κ2) is 9.88. The number of nitrogens with one attached hydrogen (secondary N) is 2. The van der Waals surface area contributed by atoms with Crippen LogP contribution < -0.4 is 5.32 Å². The lowest BCUT2D eigenvalue weighted by molar-refractivity contribution is -0.384. The molecular formula is C21H26N6O5. The molecule has 2 N–H and O–H groups in total. The Balaban J connectivity index is 1.33. The summed E-state index contributed by atoms with van der Waals surface area (Å²) in [5.41, 5.74) is 2.65. The van der Waals surface area contributed by atoms with Gasteiger partial charge in [0, 0.05) is 69.1 Å². The van der Waals surface area contributed by atoms with Gasteiger partial charge in [-0.3, -0.25) is 29.7 Å². The molecule has 2 aliphatic heterocycles. The number of H-pyrrole nitrogens is 1. The first kappa shape index (κ1) is 21.9. The van der Waals surface area contributed by atoms with Crippen LogP contribution in [0.4, 0.5) is 5.69 Å². The zero-order valence-electron chi connectivity index (χ0n) is 17.7. The number of aromatic amines is 1. The van der Waals surface area contributed by atoms with Crippen molar-refractivity contribution in [3.05, 3.63) is 56.9 Å². The quantitative estimate of drug-likeness (QED) is 0.471. The van der Waals surface area contributed by atoms with Gasteiger partial charge in [-0.25, -0.2) is 0 Å². The topological polar surface area (TPSA) is 134 Å². The van der Waals surface area contributed by atoms with E-state index in [1.807, 2.05) is 0 Å². The Morgan fingerprint density at radius 1 is 1.19 bits per heavy atom. The van der Waals surface area contributed by atoms with Crippen LogP contribution in [0, 0.1) is 10.1 Å². The van der Waals surface area contributed by atoms with Gasteiger partial charge in [0.25, 0.3) is 11.6 Å². The Morgan fingerprint density at radius 3 is 2.66 bits per heavy atom. The van der Waals surface area contributed by atoms with E-state index in [2.05, 4.69) is 20.4 Å². The van der Waals surface area contributed by atoms with Crippen molar-refractivity contribution in [1.29, 1.82) is 0 Å². The van der Waals surface area contributed by atoms with E-state index in [9.17, 15) is 19.7 Å². The van der Waals surface area contributed by atoms with Gasteiger partial charge in [0.1, 0.15) is 0 Å². The molecule has 0 atom stereocenters. The number of amides is 2. The number of nitro benzene ring substituents is 1. The van der Waals surface area contributed by atoms with Gasteiger partial charge in [0.05, 0.1) is 24.6 Å². The molecule has 1 aromatic carbocycles. The third-order valence-electron chi connectivity index (χ3n) is 5.82. The van der Waals surface area contributed by atoms with E-state index in [1.54, 1.807) is 17.0 Å². The van der Waals surface area contributed by atoms with Gasteiger partial charge >= 0.3 is 0 Å². The minimum Gasteiger partial charge on any atom is -0.379 e. The average Bonchev–Trinajstić information content (AvgIpc) is 3.23. The first-order valence-electron chi connectivity index (χ1n) is 10.7. The minimum absolute atomic E-state index is 0.00788. The molecule has 0 bridgehead atoms. The number of nitro groups is 1. The van der Waals surface area contributed by atoms with Crippen molar-refractivity contribution in [3.63, 3.8) is 0 Å². The molecule has 1 fully saturated rings. The molecule has 170 valence electrons. The highest BCUT2D eigenvalue weighted by molar-refractivity contribution is 5.94. The molecule has 1 saturated heterocycles. The number of rotatable bonds is 7. The van der Waals surface area contributed by atoms with Gasteiger partial charge in [0.15, 0.2) is 5.69 Å². The number of ether oxygens (including phenoxy) is 1. The van der Waals surface area contributed by atoms with Gasteiger partial charge in [-0.15, -0.1) is 0 Å². The number of nitrogens with zero attached hydrogens (tertiary/aromatic N) is 4. The molecule has 11 heteroatoms. The summed E-state index contributed by atoms with van der Waals surface area (Å²) in [6.45, 7) is 5.25. The second-order valence-corrected chi connectivity index (χ2v) is 7.90. The molecular weight excluding hydrogens is 416 g/mol. The van der Waals surface area contributed by atoms with Crippen LogP contribution in [0.15, 0.2) is 24.3 Å². The first-order valence-corrected chi connectivity index (χ1v) is 10.7. The molecule has 1 aromatic heterocycles. The highest BCUT2D eigenvalue weighted by Gasteiger charge is 2.28. The predicted octanol–water partition coefficient (Wildman–Crippen LogP) is 0.507. The van der Waals surface area contributed by atoms with Crippen LogP contribution in [-0.4, -0.2) is 82.7 Å². The van der Waals surface area contributed by atoms with Gasteiger partial charge < -0.3 is 15.0 Å². The number of carbonyl (C=O) groups excluding carboxylic acids is 2. The predicted molar refractivity (Wildman–Crippen MR) is 114 cm³/mol. The summed E-state index contributed by atoms with van der Waals surface area (Å²) in [7, 11) is 0. The molecule has 32 heavy (non-hydrogen) atoms. The van der Waals surface area contributed by atoms with Gasteiger partial charge in [-0.2, -0.15) is 5.10 Å². The number of carbonyl (C=O) groups is 2. The van der Waals surface area contributed by atoms with Crippen LogP contribution in [0.5, 0.6) is 0 Å². The zero-order chi connectivity index (χ0) is 22.5. The van der Waals surface area contributed by atoms with Gasteiger partial charge in [-0.1, -0.05) is 12.1 Å². The van der Waals surface area contributed by atoms with Crippen molar-refractivity contribution in [2.75, 3.05) is 45.9 Å². The molecule has 2 aliphatic rings. The normalized spacial score (nSPS) is 16.4. The van der Waals surface area contributed by atoms with E-state index >= 15 is 0 Å². The molecule has 0 radical (unpaired) electrons. The van der Waals surface area contributed by atoms with E-state index in [-0.39, 0.29) is 23.9 Å². The third-order valence-corrected chi connectivity index (χ3v) is 5.82. The van der Waals surface area contributed by atoms with Crippen molar-refractivity contribution in [2.24, 2.45) is 0 Å². The van der Waals surface area contributed by atoms with E-state index in [4.69, 9.17) is 4.74 Å². The summed E-state index contributed by atoms with van der Waals surface area (Å²) in [5, 5.41) is 20.8. The lowest BCUT2D eigenvalue weighted by atomic mass is 10.0. The maximum atomic E-state index is 12.8.